The van der Waals surface area contributed by atoms with Crippen molar-refractivity contribution in [1.29, 1.82) is 0 Å². The largest absolute Gasteiger partial charge is 0.468 e. The summed E-state index contributed by atoms with van der Waals surface area (Å²) in [5.74, 6) is -4.58. The first-order valence-corrected chi connectivity index (χ1v) is 5.37. The minimum atomic E-state index is -1.30. The highest BCUT2D eigenvalue weighted by atomic mass is 16.5. The Morgan fingerprint density at radius 1 is 1.29 bits per heavy atom. The van der Waals surface area contributed by atoms with Crippen molar-refractivity contribution in [1.82, 2.24) is 0 Å². The average molecular weight is 240 g/mol. The molecule has 2 unspecified atom stereocenters. The van der Waals surface area contributed by atoms with Gasteiger partial charge in [0.1, 0.15) is 17.6 Å². The van der Waals surface area contributed by atoms with Gasteiger partial charge in [-0.3, -0.25) is 19.2 Å². The number of methoxy groups -OCH3 is 1. The predicted octanol–water partition coefficient (Wildman–Crippen LogP) is 0.549. The number of rotatable bonds is 2. The van der Waals surface area contributed by atoms with Crippen LogP contribution in [0.25, 0.3) is 0 Å². The highest BCUT2D eigenvalue weighted by Crippen LogP contribution is 2.40. The Morgan fingerprint density at radius 2 is 1.82 bits per heavy atom. The smallest absolute Gasteiger partial charge is 0.316 e. The van der Waals surface area contributed by atoms with Crippen molar-refractivity contribution in [2.24, 2.45) is 17.3 Å². The van der Waals surface area contributed by atoms with Crippen LogP contribution in [-0.2, 0) is 23.9 Å². The zero-order valence-electron chi connectivity index (χ0n) is 10.4. The van der Waals surface area contributed by atoms with E-state index in [1.165, 1.54) is 14.0 Å². The van der Waals surface area contributed by atoms with E-state index in [1.807, 2.05) is 0 Å². The molecule has 0 heterocycles. The van der Waals surface area contributed by atoms with Gasteiger partial charge in [0.15, 0.2) is 11.6 Å². The second kappa shape index (κ2) is 4.39. The number of esters is 1. The van der Waals surface area contributed by atoms with E-state index >= 15 is 0 Å². The molecule has 1 aliphatic rings. The molecule has 2 atom stereocenters. The number of ether oxygens (including phenoxy) is 1. The fourth-order valence-corrected chi connectivity index (χ4v) is 2.34. The van der Waals surface area contributed by atoms with Crippen LogP contribution in [0.5, 0.6) is 0 Å². The summed E-state index contributed by atoms with van der Waals surface area (Å²) >= 11 is 0. The third-order valence-corrected chi connectivity index (χ3v) is 3.15. The van der Waals surface area contributed by atoms with Crippen LogP contribution >= 0.6 is 0 Å². The number of hydrogen-bond acceptors (Lipinski definition) is 5. The molecule has 0 bridgehead atoms. The lowest BCUT2D eigenvalue weighted by Gasteiger charge is -2.37. The van der Waals surface area contributed by atoms with Crippen molar-refractivity contribution in [3.63, 3.8) is 0 Å². The minimum absolute atomic E-state index is 0.0305. The van der Waals surface area contributed by atoms with Gasteiger partial charge in [-0.05, 0) is 12.3 Å². The zero-order chi connectivity index (χ0) is 13.4. The molecule has 5 heteroatoms. The van der Waals surface area contributed by atoms with Gasteiger partial charge in [-0.1, -0.05) is 13.8 Å². The maximum atomic E-state index is 12.1. The Balaban J connectivity index is 3.18. The lowest BCUT2D eigenvalue weighted by molar-refractivity contribution is -0.161. The standard InChI is InChI=1S/C12H16O5/c1-6(13)8-7(14)5-12(2,3)9(10(8)15)11(16)17-4/h8-9H,5H2,1-4H3. The molecule has 1 rings (SSSR count). The van der Waals surface area contributed by atoms with E-state index in [4.69, 9.17) is 0 Å². The fraction of sp³-hybridized carbons (Fsp3) is 0.667. The number of carbonyl (C=O) groups excluding carboxylic acids is 4. The van der Waals surface area contributed by atoms with Gasteiger partial charge in [0, 0.05) is 6.42 Å². The highest BCUT2D eigenvalue weighted by Gasteiger charge is 2.53. The van der Waals surface area contributed by atoms with Crippen LogP contribution in [-0.4, -0.2) is 30.4 Å². The van der Waals surface area contributed by atoms with Crippen LogP contribution in [0.2, 0.25) is 0 Å². The summed E-state index contributed by atoms with van der Waals surface area (Å²) in [5, 5.41) is 0. The molecule has 0 aromatic rings. The first-order chi connectivity index (χ1) is 7.72. The molecule has 94 valence electrons. The van der Waals surface area contributed by atoms with Gasteiger partial charge in [0.05, 0.1) is 7.11 Å². The van der Waals surface area contributed by atoms with Crippen LogP contribution in [0.15, 0.2) is 0 Å². The maximum absolute atomic E-state index is 12.1. The third-order valence-electron chi connectivity index (χ3n) is 3.15. The van der Waals surface area contributed by atoms with Crippen molar-refractivity contribution in [2.75, 3.05) is 7.11 Å². The second-order valence-electron chi connectivity index (χ2n) is 5.03. The first kappa shape index (κ1) is 13.5. The molecule has 0 aliphatic heterocycles. The predicted molar refractivity (Wildman–Crippen MR) is 58.1 cm³/mol. The summed E-state index contributed by atoms with van der Waals surface area (Å²) in [7, 11) is 1.19. The van der Waals surface area contributed by atoms with E-state index in [2.05, 4.69) is 4.74 Å². The molecule has 0 spiro atoms. The SMILES string of the molecule is COC(=O)C1C(=O)C(C(C)=O)C(=O)CC1(C)C. The molecule has 0 N–H and O–H groups in total. The molecule has 1 saturated carbocycles. The zero-order valence-corrected chi connectivity index (χ0v) is 10.4. The van der Waals surface area contributed by atoms with Crippen LogP contribution in [0.4, 0.5) is 0 Å². The molecular formula is C12H16O5. The Morgan fingerprint density at radius 3 is 2.24 bits per heavy atom. The molecule has 5 nitrogen and oxygen atoms in total. The molecule has 1 fully saturated rings. The van der Waals surface area contributed by atoms with Gasteiger partial charge in [-0.25, -0.2) is 0 Å². The van der Waals surface area contributed by atoms with Crippen LogP contribution in [0.3, 0.4) is 0 Å². The Kier molecular flexibility index (Phi) is 3.50. The number of hydrogen-bond donors (Lipinski definition) is 0. The van der Waals surface area contributed by atoms with E-state index in [9.17, 15) is 19.2 Å². The third kappa shape index (κ3) is 2.28. The van der Waals surface area contributed by atoms with Crippen LogP contribution in [0, 0.1) is 17.3 Å². The van der Waals surface area contributed by atoms with Gasteiger partial charge < -0.3 is 4.74 Å². The lowest BCUT2D eigenvalue weighted by atomic mass is 9.63. The van der Waals surface area contributed by atoms with Crippen molar-refractivity contribution in [3.8, 4) is 0 Å². The van der Waals surface area contributed by atoms with Gasteiger partial charge in [-0.15, -0.1) is 0 Å². The molecular weight excluding hydrogens is 224 g/mol. The van der Waals surface area contributed by atoms with Crippen LogP contribution < -0.4 is 0 Å². The first-order valence-electron chi connectivity index (χ1n) is 5.37. The van der Waals surface area contributed by atoms with Crippen molar-refractivity contribution in [3.05, 3.63) is 0 Å². The second-order valence-corrected chi connectivity index (χ2v) is 5.03. The van der Waals surface area contributed by atoms with Crippen LogP contribution in [0.1, 0.15) is 27.2 Å². The summed E-state index contributed by atoms with van der Waals surface area (Å²) in [6.45, 7) is 4.49. The molecule has 0 amide bonds. The highest BCUT2D eigenvalue weighted by molar-refractivity contribution is 6.24. The number of carbonyl (C=O) groups is 4. The molecule has 0 radical (unpaired) electrons. The molecule has 0 aromatic carbocycles. The molecule has 0 aromatic heterocycles. The monoisotopic (exact) mass is 240 g/mol. The summed E-state index contributed by atoms with van der Waals surface area (Å²) in [5.41, 5.74) is -0.798. The van der Waals surface area contributed by atoms with Crippen molar-refractivity contribution >= 4 is 23.3 Å². The van der Waals surface area contributed by atoms with Crippen molar-refractivity contribution in [2.45, 2.75) is 27.2 Å². The van der Waals surface area contributed by atoms with Crippen molar-refractivity contribution < 1.29 is 23.9 Å². The van der Waals surface area contributed by atoms with Gasteiger partial charge in [0.25, 0.3) is 0 Å². The normalized spacial score (nSPS) is 27.8. The molecule has 1 aliphatic carbocycles. The average Bonchev–Trinajstić information content (AvgIpc) is 2.13. The van der Waals surface area contributed by atoms with E-state index in [-0.39, 0.29) is 6.42 Å². The summed E-state index contributed by atoms with van der Waals surface area (Å²) in [6.07, 6.45) is 0.0305. The Hall–Kier alpha value is -1.52. The van der Waals surface area contributed by atoms with E-state index < -0.39 is 40.6 Å². The summed E-state index contributed by atoms with van der Waals surface area (Å²) < 4.78 is 4.58. The van der Waals surface area contributed by atoms with Gasteiger partial charge in [-0.2, -0.15) is 0 Å². The Bertz CT molecular complexity index is 394. The Labute approximate surface area is 99.5 Å². The van der Waals surface area contributed by atoms with Gasteiger partial charge >= 0.3 is 5.97 Å². The van der Waals surface area contributed by atoms with E-state index in [0.29, 0.717) is 0 Å². The molecule has 17 heavy (non-hydrogen) atoms. The summed E-state index contributed by atoms with van der Waals surface area (Å²) in [6, 6.07) is 0. The minimum Gasteiger partial charge on any atom is -0.468 e. The lowest BCUT2D eigenvalue weighted by Crippen LogP contribution is -2.51. The number of Topliss-reactive ketones (excluding diaryl/α,β-unsaturated/α-hetero) is 3. The fourth-order valence-electron chi connectivity index (χ4n) is 2.34. The van der Waals surface area contributed by atoms with E-state index in [1.54, 1.807) is 13.8 Å². The topological polar surface area (TPSA) is 77.5 Å². The quantitative estimate of drug-likeness (QED) is 0.520. The summed E-state index contributed by atoms with van der Waals surface area (Å²) in [4.78, 5) is 46.7. The van der Waals surface area contributed by atoms with Gasteiger partial charge in [0.2, 0.25) is 0 Å². The maximum Gasteiger partial charge on any atom is 0.316 e. The molecule has 0 saturated heterocycles. The number of ketones is 3. The van der Waals surface area contributed by atoms with E-state index in [0.717, 1.165) is 0 Å².